The van der Waals surface area contributed by atoms with E-state index in [9.17, 15) is 4.79 Å². The van der Waals surface area contributed by atoms with Crippen molar-refractivity contribution in [2.24, 2.45) is 5.10 Å². The number of nitrogens with one attached hydrogen (secondary N) is 1. The van der Waals surface area contributed by atoms with Crippen molar-refractivity contribution in [2.75, 3.05) is 21.3 Å². The average molecular weight is 342 g/mol. The van der Waals surface area contributed by atoms with Crippen LogP contribution in [0, 0.1) is 0 Å². The number of carbonyl (C=O) groups excluding carboxylic acids is 1. The molecule has 0 unspecified atom stereocenters. The van der Waals surface area contributed by atoms with E-state index < -0.39 is 0 Å². The fourth-order valence-corrected chi connectivity index (χ4v) is 2.31. The van der Waals surface area contributed by atoms with Gasteiger partial charge >= 0.3 is 0 Å². The molecular weight excluding hydrogens is 320 g/mol. The number of amides is 1. The molecule has 0 heterocycles. The number of rotatable bonds is 8. The first kappa shape index (κ1) is 18.3. The summed E-state index contributed by atoms with van der Waals surface area (Å²) in [5.74, 6) is 1.42. The SMILES string of the molecule is COc1cc(C=NNC(=O)CCc2ccccc2)cc(OC)c1OC. The highest BCUT2D eigenvalue weighted by Crippen LogP contribution is 2.37. The second kappa shape index (κ2) is 9.32. The first-order chi connectivity index (χ1) is 12.2. The van der Waals surface area contributed by atoms with Gasteiger partial charge in [0.2, 0.25) is 11.7 Å². The van der Waals surface area contributed by atoms with Gasteiger partial charge in [0.25, 0.3) is 0 Å². The van der Waals surface area contributed by atoms with E-state index >= 15 is 0 Å². The molecule has 1 amide bonds. The van der Waals surface area contributed by atoms with Crippen LogP contribution in [0.25, 0.3) is 0 Å². The molecule has 0 aliphatic heterocycles. The Morgan fingerprint density at radius 2 is 1.68 bits per heavy atom. The third-order valence-corrected chi connectivity index (χ3v) is 3.57. The summed E-state index contributed by atoms with van der Waals surface area (Å²) in [5.41, 5.74) is 4.36. The molecule has 0 radical (unpaired) electrons. The Hall–Kier alpha value is -3.02. The zero-order chi connectivity index (χ0) is 18.1. The number of carbonyl (C=O) groups is 1. The van der Waals surface area contributed by atoms with Crippen LogP contribution >= 0.6 is 0 Å². The Morgan fingerprint density at radius 3 is 2.24 bits per heavy atom. The number of methoxy groups -OCH3 is 3. The van der Waals surface area contributed by atoms with Gasteiger partial charge in [0.05, 0.1) is 27.5 Å². The van der Waals surface area contributed by atoms with Crippen LogP contribution in [-0.4, -0.2) is 33.5 Å². The summed E-state index contributed by atoms with van der Waals surface area (Å²) >= 11 is 0. The lowest BCUT2D eigenvalue weighted by atomic mass is 10.1. The van der Waals surface area contributed by atoms with Gasteiger partial charge < -0.3 is 14.2 Å². The van der Waals surface area contributed by atoms with Crippen molar-refractivity contribution >= 4 is 12.1 Å². The quantitative estimate of drug-likeness (QED) is 0.592. The van der Waals surface area contributed by atoms with Crippen molar-refractivity contribution in [3.63, 3.8) is 0 Å². The van der Waals surface area contributed by atoms with E-state index in [2.05, 4.69) is 10.5 Å². The molecular formula is C19H22N2O4. The lowest BCUT2D eigenvalue weighted by molar-refractivity contribution is -0.121. The molecule has 2 aromatic carbocycles. The molecule has 0 saturated heterocycles. The molecule has 0 aliphatic carbocycles. The molecule has 0 bridgehead atoms. The van der Waals surface area contributed by atoms with E-state index in [1.165, 1.54) is 6.21 Å². The molecule has 2 aromatic rings. The smallest absolute Gasteiger partial charge is 0.240 e. The van der Waals surface area contributed by atoms with Crippen molar-refractivity contribution in [1.29, 1.82) is 0 Å². The second-order valence-electron chi connectivity index (χ2n) is 5.24. The number of aryl methyl sites for hydroxylation is 1. The van der Waals surface area contributed by atoms with Crippen LogP contribution in [0.3, 0.4) is 0 Å². The van der Waals surface area contributed by atoms with Gasteiger partial charge in [-0.3, -0.25) is 4.79 Å². The molecule has 0 aromatic heterocycles. The molecule has 1 N–H and O–H groups in total. The monoisotopic (exact) mass is 342 g/mol. The zero-order valence-corrected chi connectivity index (χ0v) is 14.6. The van der Waals surface area contributed by atoms with Gasteiger partial charge in [0, 0.05) is 12.0 Å². The number of hydrogen-bond acceptors (Lipinski definition) is 5. The molecule has 0 spiro atoms. The van der Waals surface area contributed by atoms with Crippen molar-refractivity contribution < 1.29 is 19.0 Å². The van der Waals surface area contributed by atoms with Gasteiger partial charge in [0.1, 0.15) is 0 Å². The molecule has 0 fully saturated rings. The van der Waals surface area contributed by atoms with Crippen LogP contribution in [0.1, 0.15) is 17.5 Å². The number of hydrogen-bond donors (Lipinski definition) is 1. The molecule has 0 atom stereocenters. The summed E-state index contributed by atoms with van der Waals surface area (Å²) in [6, 6.07) is 13.3. The first-order valence-electron chi connectivity index (χ1n) is 7.83. The lowest BCUT2D eigenvalue weighted by Gasteiger charge is -2.12. The van der Waals surface area contributed by atoms with Crippen molar-refractivity contribution in [3.05, 3.63) is 53.6 Å². The minimum Gasteiger partial charge on any atom is -0.493 e. The van der Waals surface area contributed by atoms with Gasteiger partial charge in [-0.1, -0.05) is 30.3 Å². The van der Waals surface area contributed by atoms with Gasteiger partial charge in [-0.05, 0) is 24.1 Å². The molecule has 132 valence electrons. The maximum Gasteiger partial charge on any atom is 0.240 e. The largest absolute Gasteiger partial charge is 0.493 e. The normalized spacial score (nSPS) is 10.5. The van der Waals surface area contributed by atoms with Crippen molar-refractivity contribution in [3.8, 4) is 17.2 Å². The Labute approximate surface area is 147 Å². The summed E-state index contributed by atoms with van der Waals surface area (Å²) in [4.78, 5) is 11.9. The second-order valence-corrected chi connectivity index (χ2v) is 5.24. The van der Waals surface area contributed by atoms with Crippen LogP contribution in [-0.2, 0) is 11.2 Å². The summed E-state index contributed by atoms with van der Waals surface area (Å²) in [7, 11) is 4.63. The van der Waals surface area contributed by atoms with Crippen LogP contribution in [0.15, 0.2) is 47.6 Å². The van der Waals surface area contributed by atoms with Crippen LogP contribution in [0.4, 0.5) is 0 Å². The number of benzene rings is 2. The summed E-state index contributed by atoms with van der Waals surface area (Å²) < 4.78 is 15.8. The summed E-state index contributed by atoms with van der Waals surface area (Å²) in [6.07, 6.45) is 2.58. The van der Waals surface area contributed by atoms with Crippen LogP contribution < -0.4 is 19.6 Å². The van der Waals surface area contributed by atoms with E-state index in [0.717, 1.165) is 11.1 Å². The maximum absolute atomic E-state index is 11.9. The van der Waals surface area contributed by atoms with E-state index in [-0.39, 0.29) is 5.91 Å². The Balaban J connectivity index is 1.96. The first-order valence-corrected chi connectivity index (χ1v) is 7.83. The third kappa shape index (κ3) is 5.24. The third-order valence-electron chi connectivity index (χ3n) is 3.57. The van der Waals surface area contributed by atoms with Crippen molar-refractivity contribution in [1.82, 2.24) is 5.43 Å². The number of hydrazone groups is 1. The topological polar surface area (TPSA) is 69.2 Å². The van der Waals surface area contributed by atoms with Gasteiger partial charge in [-0.2, -0.15) is 5.10 Å². The summed E-state index contributed by atoms with van der Waals surface area (Å²) in [6.45, 7) is 0. The van der Waals surface area contributed by atoms with Gasteiger partial charge in [-0.25, -0.2) is 5.43 Å². The molecule has 6 nitrogen and oxygen atoms in total. The van der Waals surface area contributed by atoms with E-state index in [1.54, 1.807) is 33.5 Å². The Morgan fingerprint density at radius 1 is 1.04 bits per heavy atom. The number of nitrogens with zero attached hydrogens (tertiary/aromatic N) is 1. The predicted molar refractivity (Wildman–Crippen MR) is 96.6 cm³/mol. The minimum atomic E-state index is -0.146. The van der Waals surface area contributed by atoms with E-state index in [4.69, 9.17) is 14.2 Å². The molecule has 6 heteroatoms. The Kier molecular flexibility index (Phi) is 6.83. The van der Waals surface area contributed by atoms with Crippen LogP contribution in [0.5, 0.6) is 17.2 Å². The Bertz CT molecular complexity index is 704. The van der Waals surface area contributed by atoms with Crippen LogP contribution in [0.2, 0.25) is 0 Å². The van der Waals surface area contributed by atoms with E-state index in [1.807, 2.05) is 30.3 Å². The molecule has 25 heavy (non-hydrogen) atoms. The predicted octanol–water partition coefficient (Wildman–Crippen LogP) is 2.80. The average Bonchev–Trinajstić information content (AvgIpc) is 2.66. The summed E-state index contributed by atoms with van der Waals surface area (Å²) in [5, 5.41) is 3.98. The molecule has 2 rings (SSSR count). The highest BCUT2D eigenvalue weighted by atomic mass is 16.5. The van der Waals surface area contributed by atoms with E-state index in [0.29, 0.717) is 30.1 Å². The van der Waals surface area contributed by atoms with Crippen molar-refractivity contribution in [2.45, 2.75) is 12.8 Å². The molecule has 0 aliphatic rings. The minimum absolute atomic E-state index is 0.146. The van der Waals surface area contributed by atoms with Gasteiger partial charge in [-0.15, -0.1) is 0 Å². The molecule has 0 saturated carbocycles. The fraction of sp³-hybridized carbons (Fsp3) is 0.263. The lowest BCUT2D eigenvalue weighted by Crippen LogP contribution is -2.17. The highest BCUT2D eigenvalue weighted by Gasteiger charge is 2.12. The number of ether oxygens (including phenoxy) is 3. The fourth-order valence-electron chi connectivity index (χ4n) is 2.31. The van der Waals surface area contributed by atoms with Gasteiger partial charge in [0.15, 0.2) is 11.5 Å². The zero-order valence-electron chi connectivity index (χ0n) is 14.6. The highest BCUT2D eigenvalue weighted by molar-refractivity contribution is 5.84. The standard InChI is InChI=1S/C19H22N2O4/c1-23-16-11-15(12-17(24-2)19(16)25-3)13-20-21-18(22)10-9-14-7-5-4-6-8-14/h4-8,11-13H,9-10H2,1-3H3,(H,21,22). The maximum atomic E-state index is 11.9.